The van der Waals surface area contributed by atoms with Crippen molar-refractivity contribution in [2.45, 2.75) is 12.8 Å². The van der Waals surface area contributed by atoms with Crippen molar-refractivity contribution in [2.24, 2.45) is 5.92 Å². The molecule has 0 aromatic heterocycles. The van der Waals surface area contributed by atoms with Gasteiger partial charge >= 0.3 is 0 Å². The fraction of sp³-hybridized carbons (Fsp3) is 0.375. The number of carbonyl (C=O) groups excluding carboxylic acids is 3. The first kappa shape index (κ1) is 21.1. The fourth-order valence-corrected chi connectivity index (χ4v) is 4.10. The van der Waals surface area contributed by atoms with Crippen molar-refractivity contribution in [2.75, 3.05) is 44.7 Å². The summed E-state index contributed by atoms with van der Waals surface area (Å²) in [5.74, 6) is -0.252. The van der Waals surface area contributed by atoms with E-state index in [9.17, 15) is 14.4 Å². The molecule has 0 radical (unpaired) electrons. The van der Waals surface area contributed by atoms with E-state index < -0.39 is 0 Å². The average molecular weight is 421 g/mol. The number of benzene rings is 2. The van der Waals surface area contributed by atoms with E-state index in [4.69, 9.17) is 4.74 Å². The van der Waals surface area contributed by atoms with Gasteiger partial charge in [-0.2, -0.15) is 0 Å². The van der Waals surface area contributed by atoms with Gasteiger partial charge in [-0.25, -0.2) is 0 Å². The molecule has 2 fully saturated rings. The van der Waals surface area contributed by atoms with Gasteiger partial charge in [0.1, 0.15) is 0 Å². The Balaban J connectivity index is 1.39. The van der Waals surface area contributed by atoms with Crippen LogP contribution >= 0.6 is 0 Å². The van der Waals surface area contributed by atoms with Crippen LogP contribution in [-0.2, 0) is 9.53 Å². The Morgan fingerprint density at radius 2 is 1.45 bits per heavy atom. The number of amides is 3. The van der Waals surface area contributed by atoms with Crippen molar-refractivity contribution in [3.8, 4) is 0 Å². The first-order chi connectivity index (χ1) is 15.1. The zero-order valence-corrected chi connectivity index (χ0v) is 17.5. The molecule has 2 aromatic carbocycles. The summed E-state index contributed by atoms with van der Waals surface area (Å²) in [5, 5.41) is 2.86. The summed E-state index contributed by atoms with van der Waals surface area (Å²) in [6, 6.07) is 16.0. The lowest BCUT2D eigenvalue weighted by atomic mass is 9.94. The largest absolute Gasteiger partial charge is 0.378 e. The quantitative estimate of drug-likeness (QED) is 0.823. The molecule has 0 bridgehead atoms. The SMILES string of the molecule is O=C(Nc1ccccc1C(=O)N1CCC(C(=O)N2CCOCC2)CC1)c1ccccc1. The summed E-state index contributed by atoms with van der Waals surface area (Å²) in [4.78, 5) is 42.1. The molecule has 2 heterocycles. The number of nitrogens with one attached hydrogen (secondary N) is 1. The standard InChI is InChI=1S/C24H27N3O4/c28-22(18-6-2-1-3-7-18)25-21-9-5-4-8-20(21)24(30)26-12-10-19(11-13-26)23(29)27-14-16-31-17-15-27/h1-9,19H,10-17H2,(H,25,28). The number of likely N-dealkylation sites (tertiary alicyclic amines) is 1. The minimum absolute atomic E-state index is 0.0461. The van der Waals surface area contributed by atoms with Crippen LogP contribution in [0.5, 0.6) is 0 Å². The van der Waals surface area contributed by atoms with Gasteiger partial charge in [-0.05, 0) is 37.1 Å². The van der Waals surface area contributed by atoms with Gasteiger partial charge in [-0.3, -0.25) is 14.4 Å². The second kappa shape index (κ2) is 9.75. The van der Waals surface area contributed by atoms with Crippen LogP contribution in [0.3, 0.4) is 0 Å². The van der Waals surface area contributed by atoms with Gasteiger partial charge in [0, 0.05) is 37.7 Å². The third-order valence-electron chi connectivity index (χ3n) is 5.90. The number of hydrogen-bond donors (Lipinski definition) is 1. The van der Waals surface area contributed by atoms with E-state index in [2.05, 4.69) is 5.32 Å². The molecule has 7 nitrogen and oxygen atoms in total. The van der Waals surface area contributed by atoms with Crippen LogP contribution < -0.4 is 5.32 Å². The summed E-state index contributed by atoms with van der Waals surface area (Å²) in [5.41, 5.74) is 1.49. The van der Waals surface area contributed by atoms with Crippen LogP contribution in [0, 0.1) is 5.92 Å². The Morgan fingerprint density at radius 1 is 0.806 bits per heavy atom. The normalized spacial score (nSPS) is 17.3. The van der Waals surface area contributed by atoms with Crippen molar-refractivity contribution in [3.05, 3.63) is 65.7 Å². The van der Waals surface area contributed by atoms with Gasteiger partial charge in [0.05, 0.1) is 24.5 Å². The third-order valence-corrected chi connectivity index (χ3v) is 5.90. The maximum atomic E-state index is 13.2. The molecule has 2 aliphatic rings. The second-order valence-electron chi connectivity index (χ2n) is 7.87. The van der Waals surface area contributed by atoms with Crippen LogP contribution in [0.4, 0.5) is 5.69 Å². The lowest BCUT2D eigenvalue weighted by molar-refractivity contribution is -0.141. The van der Waals surface area contributed by atoms with Gasteiger partial charge in [0.25, 0.3) is 11.8 Å². The van der Waals surface area contributed by atoms with E-state index in [0.717, 1.165) is 0 Å². The molecule has 0 aliphatic carbocycles. The molecular weight excluding hydrogens is 394 g/mol. The second-order valence-corrected chi connectivity index (χ2v) is 7.87. The van der Waals surface area contributed by atoms with E-state index in [1.807, 2.05) is 11.0 Å². The molecule has 7 heteroatoms. The van der Waals surface area contributed by atoms with Gasteiger partial charge in [0.2, 0.25) is 5.91 Å². The van der Waals surface area contributed by atoms with Crippen LogP contribution in [-0.4, -0.2) is 66.9 Å². The van der Waals surface area contributed by atoms with Gasteiger partial charge in [0.15, 0.2) is 0 Å². The van der Waals surface area contributed by atoms with Crippen molar-refractivity contribution >= 4 is 23.4 Å². The number of rotatable bonds is 4. The number of piperidine rings is 1. The zero-order valence-electron chi connectivity index (χ0n) is 17.5. The summed E-state index contributed by atoms with van der Waals surface area (Å²) >= 11 is 0. The van der Waals surface area contributed by atoms with E-state index in [1.54, 1.807) is 53.4 Å². The molecule has 31 heavy (non-hydrogen) atoms. The van der Waals surface area contributed by atoms with Crippen LogP contribution in [0.15, 0.2) is 54.6 Å². The molecule has 1 N–H and O–H groups in total. The maximum absolute atomic E-state index is 13.2. The monoisotopic (exact) mass is 421 g/mol. The highest BCUT2D eigenvalue weighted by molar-refractivity contribution is 6.09. The van der Waals surface area contributed by atoms with E-state index in [-0.39, 0.29) is 23.6 Å². The molecule has 3 amide bonds. The first-order valence-electron chi connectivity index (χ1n) is 10.7. The van der Waals surface area contributed by atoms with Gasteiger partial charge < -0.3 is 19.9 Å². The Labute approximate surface area is 182 Å². The van der Waals surface area contributed by atoms with Gasteiger partial charge in [-0.15, -0.1) is 0 Å². The number of ether oxygens (including phenoxy) is 1. The molecule has 2 aliphatic heterocycles. The predicted molar refractivity (Wildman–Crippen MR) is 117 cm³/mol. The molecular formula is C24H27N3O4. The molecule has 0 unspecified atom stereocenters. The topological polar surface area (TPSA) is 79.0 Å². The molecule has 2 saturated heterocycles. The average Bonchev–Trinajstić information content (AvgIpc) is 2.84. The van der Waals surface area contributed by atoms with Crippen molar-refractivity contribution in [3.63, 3.8) is 0 Å². The maximum Gasteiger partial charge on any atom is 0.255 e. The van der Waals surface area contributed by atoms with Crippen LogP contribution in [0.25, 0.3) is 0 Å². The van der Waals surface area contributed by atoms with Crippen molar-refractivity contribution in [1.82, 2.24) is 9.80 Å². The highest BCUT2D eigenvalue weighted by atomic mass is 16.5. The molecule has 4 rings (SSSR count). The number of anilines is 1. The van der Waals surface area contributed by atoms with E-state index in [1.165, 1.54) is 0 Å². The molecule has 2 aromatic rings. The lowest BCUT2D eigenvalue weighted by Gasteiger charge is -2.35. The smallest absolute Gasteiger partial charge is 0.255 e. The molecule has 162 valence electrons. The Hall–Kier alpha value is -3.19. The van der Waals surface area contributed by atoms with Crippen molar-refractivity contribution < 1.29 is 19.1 Å². The number of morpholine rings is 1. The van der Waals surface area contributed by atoms with E-state index >= 15 is 0 Å². The first-order valence-corrected chi connectivity index (χ1v) is 10.7. The Morgan fingerprint density at radius 3 is 2.16 bits per heavy atom. The Kier molecular flexibility index (Phi) is 6.62. The van der Waals surface area contributed by atoms with Crippen LogP contribution in [0.2, 0.25) is 0 Å². The third kappa shape index (κ3) is 4.94. The lowest BCUT2D eigenvalue weighted by Crippen LogP contribution is -2.47. The number of hydrogen-bond acceptors (Lipinski definition) is 4. The van der Waals surface area contributed by atoms with Crippen LogP contribution in [0.1, 0.15) is 33.6 Å². The predicted octanol–water partition coefficient (Wildman–Crippen LogP) is 2.65. The number of para-hydroxylation sites is 1. The number of carbonyl (C=O) groups is 3. The summed E-state index contributed by atoms with van der Waals surface area (Å²) in [6.45, 7) is 3.53. The van der Waals surface area contributed by atoms with E-state index in [0.29, 0.717) is 69.0 Å². The van der Waals surface area contributed by atoms with Gasteiger partial charge in [-0.1, -0.05) is 30.3 Å². The highest BCUT2D eigenvalue weighted by Gasteiger charge is 2.31. The molecule has 0 atom stereocenters. The zero-order chi connectivity index (χ0) is 21.6. The minimum atomic E-state index is -0.254. The summed E-state index contributed by atoms with van der Waals surface area (Å²) in [6.07, 6.45) is 1.31. The summed E-state index contributed by atoms with van der Waals surface area (Å²) < 4.78 is 5.32. The number of nitrogens with zero attached hydrogens (tertiary/aromatic N) is 2. The summed E-state index contributed by atoms with van der Waals surface area (Å²) in [7, 11) is 0. The minimum Gasteiger partial charge on any atom is -0.378 e. The molecule has 0 saturated carbocycles. The highest BCUT2D eigenvalue weighted by Crippen LogP contribution is 2.24. The van der Waals surface area contributed by atoms with Crippen molar-refractivity contribution in [1.29, 1.82) is 0 Å². The molecule has 0 spiro atoms. The fourth-order valence-electron chi connectivity index (χ4n) is 4.10. The Bertz CT molecular complexity index is 933.